The van der Waals surface area contributed by atoms with Gasteiger partial charge in [0.2, 0.25) is 0 Å². The third-order valence-corrected chi connectivity index (χ3v) is 17.7. The molecule has 10 aromatic carbocycles. The van der Waals surface area contributed by atoms with Crippen molar-refractivity contribution in [3.63, 3.8) is 0 Å². The number of methoxy groups -OCH3 is 4. The Kier molecular flexibility index (Phi) is 50.0. The molecule has 0 aromatic heterocycles. The number of benzene rings is 10. The molecule has 10 rings (SSSR count). The SMILES string of the molecule is C.COCC(C)N.COCC(C)NC(=O)c1cc(-c2ccc(C)cc2)cc([N+](=O)[O-])c1.COCC(C)NC(=O)c1cc(I)cc(-c2ccc(C)cc2)c1.COCC(C)NC(=O)c1cc(N)cc(-c2ccc(C)cc2)c1.CSOOOO.Cc1ccc(-c2cc(C(=O)O)cc([N+](=O)[O-])c2)cc1.O=C(O)c1cc(I)cc([N+](=O)[O-])c1.O=C(O)c1cccc([N+](=O)[O-])c1. The molecule has 125 heavy (non-hydrogen) atoms. The van der Waals surface area contributed by atoms with Gasteiger partial charge in [0.25, 0.3) is 40.5 Å². The molecule has 0 saturated heterocycles. The quantitative estimate of drug-likeness (QED) is 0.00418. The number of non-ortho nitro benzene ring substituents is 4. The van der Waals surface area contributed by atoms with Crippen LogP contribution in [-0.2, 0) is 33.4 Å². The van der Waals surface area contributed by atoms with Gasteiger partial charge in [0.1, 0.15) is 0 Å². The van der Waals surface area contributed by atoms with Crippen LogP contribution in [0.5, 0.6) is 0 Å². The lowest BCUT2D eigenvalue weighted by molar-refractivity contribution is -0.591. The smallest absolute Gasteiger partial charge is 0.335 e. The Hall–Kier alpha value is -12.1. The van der Waals surface area contributed by atoms with Gasteiger partial charge in [-0.05, 0) is 216 Å². The van der Waals surface area contributed by atoms with Crippen molar-refractivity contribution in [1.29, 1.82) is 0 Å². The molecule has 668 valence electrons. The minimum Gasteiger partial charge on any atom is -0.478 e. The summed E-state index contributed by atoms with van der Waals surface area (Å²) in [5.41, 5.74) is 23.7. The van der Waals surface area contributed by atoms with Crippen molar-refractivity contribution in [3.05, 3.63) is 316 Å². The lowest BCUT2D eigenvalue weighted by Gasteiger charge is -2.14. The van der Waals surface area contributed by atoms with Gasteiger partial charge in [-0.1, -0.05) is 133 Å². The molecule has 11 N–H and O–H groups in total. The number of nitrogens with zero attached hydrogens (tertiary/aromatic N) is 4. The first kappa shape index (κ1) is 109. The third-order valence-electron chi connectivity index (χ3n) is 16.3. The molecule has 0 saturated carbocycles. The Bertz CT molecular complexity index is 4980. The van der Waals surface area contributed by atoms with Crippen LogP contribution in [-0.4, -0.2) is 161 Å². The summed E-state index contributed by atoms with van der Waals surface area (Å²) >= 11 is 4.99. The van der Waals surface area contributed by atoms with Gasteiger partial charge in [-0.15, -0.1) is 4.33 Å². The molecule has 4 unspecified atom stereocenters. The average Bonchev–Trinajstić information content (AvgIpc) is 0.830. The molecule has 0 radical (unpaired) electrons. The molecule has 4 atom stereocenters. The second-order valence-corrected chi connectivity index (χ2v) is 30.0. The standard InChI is InChI=1S/C18H20INO2.C18H20N2O4.C18H22N2O2.C14H11NO4.C7H4INO4.C7H5NO4.C4H11NO.CH4O4S.CH4/c1-12-4-6-14(7-5-12)15-8-16(10-17(19)9-15)18(21)20-13(2)11-22-3;1-12-4-6-14(7-5-12)15-8-16(10-17(9-15)20(22)23)18(21)19-13(2)11-24-3;1-12-4-6-14(7-5-12)15-8-16(10-17(19)9-15)18(21)20-13(2)11-22-3;1-9-2-4-10(5-3-9)11-6-12(14(16)17)8-13(7-11)15(18)19;8-5-1-4(7(10)11)2-6(3-5)9(12)13;9-7(10)5-2-1-3-6(4-5)8(11)12;1-4(5)3-6-2;1-6-5-4-3-2;/h4-10,13H,11H2,1-3H3,(H,20,21);4-10,13H,11H2,1-3H3,(H,19,21);4-10,13H,11,19H2,1-3H3,(H,20,21);2-8H,1H3,(H,16,17);1-3H,(H,10,11);1-4H,(H,9,10);4H,3,5H2,1-2H3;2H,1H3;1H4. The number of nitrogens with two attached hydrogens (primary N) is 2. The van der Waals surface area contributed by atoms with Crippen molar-refractivity contribution in [2.24, 2.45) is 5.73 Å². The zero-order chi connectivity index (χ0) is 92.9. The monoisotopic (exact) mass is 1970 g/mol. The highest BCUT2D eigenvalue weighted by Crippen LogP contribution is 2.31. The molecule has 0 spiro atoms. The van der Waals surface area contributed by atoms with E-state index in [-0.39, 0.29) is 94.3 Å². The Morgan fingerprint density at radius 1 is 0.392 bits per heavy atom. The van der Waals surface area contributed by atoms with Gasteiger partial charge in [0, 0.05) is 149 Å². The number of nitro groups is 4. The number of nitrogens with one attached hydrogen (secondary N) is 3. The lowest BCUT2D eigenvalue weighted by Crippen LogP contribution is -2.35. The Balaban J connectivity index is 0.000000499. The number of halogens is 2. The molecular formula is C88H101I2N9O25S. The largest absolute Gasteiger partial charge is 0.478 e. The molecule has 0 aliphatic heterocycles. The fourth-order valence-corrected chi connectivity index (χ4v) is 11.9. The van der Waals surface area contributed by atoms with E-state index in [1.807, 2.05) is 149 Å². The minimum absolute atomic E-state index is 0. The van der Waals surface area contributed by atoms with Gasteiger partial charge < -0.3 is 61.7 Å². The van der Waals surface area contributed by atoms with Gasteiger partial charge in [0.05, 0.1) is 62.8 Å². The number of nitrogen functional groups attached to an aromatic ring is 1. The van der Waals surface area contributed by atoms with E-state index in [1.165, 1.54) is 65.7 Å². The Morgan fingerprint density at radius 3 is 0.992 bits per heavy atom. The van der Waals surface area contributed by atoms with Crippen molar-refractivity contribution < 1.29 is 102 Å². The van der Waals surface area contributed by atoms with E-state index >= 15 is 0 Å². The van der Waals surface area contributed by atoms with Crippen LogP contribution in [0.25, 0.3) is 44.5 Å². The van der Waals surface area contributed by atoms with Gasteiger partial charge >= 0.3 is 17.9 Å². The summed E-state index contributed by atoms with van der Waals surface area (Å²) in [5, 5.41) is 91.1. The van der Waals surface area contributed by atoms with E-state index in [1.54, 1.807) is 65.9 Å². The summed E-state index contributed by atoms with van der Waals surface area (Å²) in [6.07, 6.45) is 1.61. The van der Waals surface area contributed by atoms with E-state index in [0.717, 1.165) is 78.3 Å². The van der Waals surface area contributed by atoms with E-state index in [2.05, 4.69) is 94.9 Å². The van der Waals surface area contributed by atoms with E-state index in [4.69, 9.17) is 46.3 Å². The first-order valence-electron chi connectivity index (χ1n) is 37.0. The summed E-state index contributed by atoms with van der Waals surface area (Å²) in [7, 11) is 6.43. The summed E-state index contributed by atoms with van der Waals surface area (Å²) < 4.78 is 25.2. The van der Waals surface area contributed by atoms with Crippen LogP contribution in [0.3, 0.4) is 0 Å². The first-order chi connectivity index (χ1) is 58.6. The van der Waals surface area contributed by atoms with Crippen molar-refractivity contribution in [2.75, 3.05) is 66.9 Å². The topological polar surface area (TPSA) is 509 Å². The molecule has 0 fully saturated rings. The van der Waals surface area contributed by atoms with Crippen molar-refractivity contribution in [3.8, 4) is 44.5 Å². The summed E-state index contributed by atoms with van der Waals surface area (Å²) in [6.45, 7) is 17.5. The van der Waals surface area contributed by atoms with E-state index in [0.29, 0.717) is 57.9 Å². The van der Waals surface area contributed by atoms with E-state index in [9.17, 15) is 69.2 Å². The number of rotatable bonds is 28. The van der Waals surface area contributed by atoms with E-state index < -0.39 is 37.6 Å². The Labute approximate surface area is 754 Å². The summed E-state index contributed by atoms with van der Waals surface area (Å²) in [6, 6.07) is 59.5. The number of carbonyl (C=O) groups is 6. The number of anilines is 1. The maximum Gasteiger partial charge on any atom is 0.335 e. The van der Waals surface area contributed by atoms with Gasteiger partial charge in [-0.2, -0.15) is 0 Å². The van der Waals surface area contributed by atoms with Crippen LogP contribution >= 0.6 is 57.2 Å². The molecule has 0 aliphatic carbocycles. The summed E-state index contributed by atoms with van der Waals surface area (Å²) in [4.78, 5) is 109. The van der Waals surface area contributed by atoms with Crippen LogP contribution in [0.4, 0.5) is 28.4 Å². The third kappa shape index (κ3) is 41.3. The second-order valence-electron chi connectivity index (χ2n) is 27.1. The lowest BCUT2D eigenvalue weighted by atomic mass is 10.0. The summed E-state index contributed by atoms with van der Waals surface area (Å²) in [5.74, 6) is -4.10. The molecule has 3 amide bonds. The van der Waals surface area contributed by atoms with Gasteiger partial charge in [0.15, 0.2) is 0 Å². The predicted octanol–water partition coefficient (Wildman–Crippen LogP) is 18.1. The fourth-order valence-electron chi connectivity index (χ4n) is 10.5. The average molecular weight is 1970 g/mol. The number of carboxylic acids is 3. The normalized spacial score (nSPS) is 11.0. The van der Waals surface area contributed by atoms with Crippen LogP contribution in [0, 0.1) is 75.3 Å². The number of hydrogen-bond acceptors (Lipinski definition) is 25. The second kappa shape index (κ2) is 57.3. The van der Waals surface area contributed by atoms with Crippen molar-refractivity contribution in [2.45, 2.75) is 87.0 Å². The predicted molar refractivity (Wildman–Crippen MR) is 495 cm³/mol. The van der Waals surface area contributed by atoms with Gasteiger partial charge in [-0.3, -0.25) is 54.8 Å². The van der Waals surface area contributed by atoms with Crippen molar-refractivity contribution >= 4 is 121 Å². The molecule has 0 heterocycles. The maximum atomic E-state index is 12.4. The van der Waals surface area contributed by atoms with Crippen LogP contribution < -0.4 is 27.4 Å². The first-order valence-corrected chi connectivity index (χ1v) is 40.3. The molecule has 10 aromatic rings. The van der Waals surface area contributed by atoms with Crippen molar-refractivity contribution in [1.82, 2.24) is 16.0 Å². The minimum atomic E-state index is -1.18. The molecule has 34 nitrogen and oxygen atoms in total. The molecule has 0 aliphatic rings. The number of carboxylic acid groups (broad SMARTS) is 3. The zero-order valence-corrected chi connectivity index (χ0v) is 74.9. The number of amides is 3. The highest BCUT2D eigenvalue weighted by Gasteiger charge is 2.21. The number of nitro benzene ring substituents is 4. The maximum absolute atomic E-state index is 12.4. The zero-order valence-electron chi connectivity index (χ0n) is 69.8. The van der Waals surface area contributed by atoms with Crippen LogP contribution in [0.15, 0.2) is 212 Å². The number of ether oxygens (including phenoxy) is 4. The number of aryl methyl sites for hydroxylation is 4. The van der Waals surface area contributed by atoms with Crippen LogP contribution in [0.2, 0.25) is 0 Å². The van der Waals surface area contributed by atoms with Crippen LogP contribution in [0.1, 0.15) is 120 Å². The Morgan fingerprint density at radius 2 is 0.680 bits per heavy atom. The highest BCUT2D eigenvalue weighted by molar-refractivity contribution is 14.1. The number of aromatic carboxylic acids is 3. The number of carbonyl (C=O) groups excluding carboxylic acids is 3. The number of hydrogen-bond donors (Lipinski definition) is 9. The molecular weight excluding hydrogens is 1870 g/mol. The highest BCUT2D eigenvalue weighted by atomic mass is 127. The molecule has 37 heteroatoms. The fraction of sp³-hybridized carbons (Fsp3) is 0.250. The van der Waals surface area contributed by atoms with Gasteiger partial charge in [-0.25, -0.2) is 19.6 Å². The molecule has 0 bridgehead atoms.